The Bertz CT molecular complexity index is 935. The van der Waals surface area contributed by atoms with E-state index in [2.05, 4.69) is 15.6 Å². The quantitative estimate of drug-likeness (QED) is 0.477. The fourth-order valence-corrected chi connectivity index (χ4v) is 3.93. The van der Waals surface area contributed by atoms with Gasteiger partial charge in [-0.3, -0.25) is 5.32 Å². The van der Waals surface area contributed by atoms with Crippen molar-refractivity contribution in [1.29, 1.82) is 0 Å². The molecule has 1 aliphatic heterocycles. The van der Waals surface area contributed by atoms with Crippen molar-refractivity contribution in [3.8, 4) is 5.75 Å². The van der Waals surface area contributed by atoms with Gasteiger partial charge in [0.2, 0.25) is 0 Å². The molecule has 0 saturated carbocycles. The molecule has 2 aromatic rings. The van der Waals surface area contributed by atoms with Crippen LogP contribution in [0.5, 0.6) is 5.75 Å². The van der Waals surface area contributed by atoms with Gasteiger partial charge in [-0.15, -0.1) is 5.14 Å². The molecule has 154 valence electrons. The monoisotopic (exact) mass is 453 g/mol. The summed E-state index contributed by atoms with van der Waals surface area (Å²) in [6, 6.07) is 10.9. The second-order valence-corrected chi connectivity index (χ2v) is 8.10. The zero-order valence-electron chi connectivity index (χ0n) is 15.6. The van der Waals surface area contributed by atoms with Gasteiger partial charge in [0.05, 0.1) is 28.5 Å². The summed E-state index contributed by atoms with van der Waals surface area (Å²) in [5.41, 5.74) is 8.46. The van der Waals surface area contributed by atoms with Crippen LogP contribution in [-0.2, 0) is 17.8 Å². The standard InChI is InChI=1S/C19H21Cl2N5O2S/c1-28-18-14(20)7-6-13(17(18)21)15-10-16(26-19(22)25-15)24-9-8-11-2-4-12(5-3-11)29(23)27/h2-7,10,16,24H,8-9,23H2,1H3,(H3,22,25,26). The van der Waals surface area contributed by atoms with Gasteiger partial charge in [-0.2, -0.15) is 0 Å². The van der Waals surface area contributed by atoms with Crippen molar-refractivity contribution in [3.63, 3.8) is 0 Å². The number of ether oxygens (including phenoxy) is 1. The summed E-state index contributed by atoms with van der Waals surface area (Å²) in [5, 5.41) is 12.5. The van der Waals surface area contributed by atoms with Gasteiger partial charge < -0.3 is 20.3 Å². The Morgan fingerprint density at radius 2 is 1.97 bits per heavy atom. The number of benzene rings is 2. The largest absolute Gasteiger partial charge is 0.593 e. The summed E-state index contributed by atoms with van der Waals surface area (Å²) in [4.78, 5) is 4.95. The van der Waals surface area contributed by atoms with Gasteiger partial charge in [-0.1, -0.05) is 35.3 Å². The molecule has 10 heteroatoms. The SMILES string of the molecule is COc1c(Cl)ccc(C2=CC(NCCc3ccc([S+](N)[O-])cc3)N=C(N)N2)c1Cl. The third-order valence-electron chi connectivity index (χ3n) is 4.33. The van der Waals surface area contributed by atoms with Crippen molar-refractivity contribution in [2.45, 2.75) is 17.5 Å². The van der Waals surface area contributed by atoms with Crippen LogP contribution in [0.4, 0.5) is 0 Å². The predicted octanol–water partition coefficient (Wildman–Crippen LogP) is 2.40. The van der Waals surface area contributed by atoms with E-state index in [-0.39, 0.29) is 12.1 Å². The zero-order chi connectivity index (χ0) is 21.0. The van der Waals surface area contributed by atoms with Crippen molar-refractivity contribution < 1.29 is 9.29 Å². The first-order chi connectivity index (χ1) is 13.9. The molecule has 0 bridgehead atoms. The van der Waals surface area contributed by atoms with Gasteiger partial charge in [-0.25, -0.2) is 4.99 Å². The minimum absolute atomic E-state index is 0.278. The van der Waals surface area contributed by atoms with E-state index in [9.17, 15) is 4.55 Å². The van der Waals surface area contributed by atoms with Crippen LogP contribution in [-0.4, -0.2) is 30.3 Å². The third kappa shape index (κ3) is 5.36. The average molecular weight is 454 g/mol. The van der Waals surface area contributed by atoms with Crippen LogP contribution in [0.25, 0.3) is 5.70 Å². The van der Waals surface area contributed by atoms with Gasteiger partial charge in [0, 0.05) is 17.8 Å². The van der Waals surface area contributed by atoms with Gasteiger partial charge >= 0.3 is 0 Å². The minimum atomic E-state index is -1.47. The van der Waals surface area contributed by atoms with Crippen molar-refractivity contribution in [2.75, 3.05) is 13.7 Å². The molecule has 2 unspecified atom stereocenters. The Kier molecular flexibility index (Phi) is 7.28. The fraction of sp³-hybridized carbons (Fsp3) is 0.211. The molecule has 0 aromatic heterocycles. The Labute approximate surface area is 182 Å². The molecule has 3 rings (SSSR count). The molecule has 0 spiro atoms. The summed E-state index contributed by atoms with van der Waals surface area (Å²) in [5.74, 6) is 0.681. The first kappa shape index (κ1) is 21.8. The first-order valence-electron chi connectivity index (χ1n) is 8.72. The highest BCUT2D eigenvalue weighted by Crippen LogP contribution is 2.37. The lowest BCUT2D eigenvalue weighted by molar-refractivity contribution is 0.415. The van der Waals surface area contributed by atoms with Gasteiger partial charge in [0.15, 0.2) is 16.6 Å². The maximum Gasteiger partial charge on any atom is 0.195 e. The maximum absolute atomic E-state index is 11.3. The number of hydrogen-bond acceptors (Lipinski definition) is 7. The molecule has 1 heterocycles. The fourth-order valence-electron chi connectivity index (χ4n) is 2.90. The summed E-state index contributed by atoms with van der Waals surface area (Å²) in [6.07, 6.45) is 2.33. The number of nitrogens with two attached hydrogens (primary N) is 2. The molecule has 2 aromatic carbocycles. The summed E-state index contributed by atoms with van der Waals surface area (Å²) in [7, 11) is 1.51. The molecule has 0 amide bonds. The lowest BCUT2D eigenvalue weighted by Gasteiger charge is -2.22. The number of halogens is 2. The molecule has 6 N–H and O–H groups in total. The van der Waals surface area contributed by atoms with Crippen molar-refractivity contribution >= 4 is 46.2 Å². The average Bonchev–Trinajstić information content (AvgIpc) is 2.68. The summed E-state index contributed by atoms with van der Waals surface area (Å²) < 4.78 is 16.5. The van der Waals surface area contributed by atoms with E-state index in [1.165, 1.54) is 7.11 Å². The Balaban J connectivity index is 1.68. The van der Waals surface area contributed by atoms with E-state index < -0.39 is 11.4 Å². The van der Waals surface area contributed by atoms with Crippen molar-refractivity contribution in [1.82, 2.24) is 10.6 Å². The minimum Gasteiger partial charge on any atom is -0.593 e. The Hall–Kier alpha value is -1.94. The van der Waals surface area contributed by atoms with Crippen LogP contribution in [0.15, 0.2) is 52.4 Å². The molecule has 0 fully saturated rings. The maximum atomic E-state index is 11.3. The number of nitrogens with one attached hydrogen (secondary N) is 2. The van der Waals surface area contributed by atoms with E-state index >= 15 is 0 Å². The van der Waals surface area contributed by atoms with Crippen LogP contribution in [0.1, 0.15) is 11.1 Å². The van der Waals surface area contributed by atoms with Crippen LogP contribution in [0, 0.1) is 0 Å². The summed E-state index contributed by atoms with van der Waals surface area (Å²) in [6.45, 7) is 0.661. The van der Waals surface area contributed by atoms with Crippen molar-refractivity contribution in [3.05, 3.63) is 63.6 Å². The lowest BCUT2D eigenvalue weighted by Crippen LogP contribution is -2.40. The Morgan fingerprint density at radius 1 is 1.24 bits per heavy atom. The van der Waals surface area contributed by atoms with Gasteiger partial charge in [-0.05, 0) is 42.3 Å². The van der Waals surface area contributed by atoms with E-state index in [1.54, 1.807) is 24.3 Å². The second-order valence-electron chi connectivity index (χ2n) is 6.25. The number of methoxy groups -OCH3 is 1. The predicted molar refractivity (Wildman–Crippen MR) is 118 cm³/mol. The smallest absolute Gasteiger partial charge is 0.195 e. The molecule has 7 nitrogen and oxygen atoms in total. The zero-order valence-corrected chi connectivity index (χ0v) is 17.9. The number of aliphatic imine (C=N–C) groups is 1. The molecular weight excluding hydrogens is 433 g/mol. The lowest BCUT2D eigenvalue weighted by atomic mass is 10.1. The first-order valence-corrected chi connectivity index (χ1v) is 10.7. The normalized spacial score (nSPS) is 17.2. The van der Waals surface area contributed by atoms with E-state index in [4.69, 9.17) is 38.8 Å². The molecule has 2 atom stereocenters. The molecule has 0 saturated heterocycles. The molecular formula is C19H21Cl2N5O2S. The van der Waals surface area contributed by atoms with Crippen LogP contribution in [0.3, 0.4) is 0 Å². The summed E-state index contributed by atoms with van der Waals surface area (Å²) >= 11 is 11.1. The highest BCUT2D eigenvalue weighted by Gasteiger charge is 2.19. The van der Waals surface area contributed by atoms with Crippen LogP contribution in [0.2, 0.25) is 10.0 Å². The number of rotatable bonds is 7. The van der Waals surface area contributed by atoms with Crippen LogP contribution < -0.4 is 26.2 Å². The number of hydrogen-bond donors (Lipinski definition) is 4. The highest BCUT2D eigenvalue weighted by molar-refractivity contribution is 7.89. The second kappa shape index (κ2) is 9.71. The molecule has 0 radical (unpaired) electrons. The Morgan fingerprint density at radius 3 is 2.62 bits per heavy atom. The molecule has 1 aliphatic rings. The number of guanidine groups is 1. The van der Waals surface area contributed by atoms with Crippen molar-refractivity contribution in [2.24, 2.45) is 15.9 Å². The topological polar surface area (TPSA) is 121 Å². The van der Waals surface area contributed by atoms with E-state index in [0.717, 1.165) is 12.0 Å². The van der Waals surface area contributed by atoms with Gasteiger partial charge in [0.1, 0.15) is 6.17 Å². The van der Waals surface area contributed by atoms with E-state index in [1.807, 2.05) is 18.2 Å². The van der Waals surface area contributed by atoms with E-state index in [0.29, 0.717) is 38.5 Å². The van der Waals surface area contributed by atoms with Crippen LogP contribution >= 0.6 is 23.2 Å². The number of nitrogens with zero attached hydrogens (tertiary/aromatic N) is 1. The van der Waals surface area contributed by atoms with Gasteiger partial charge in [0.25, 0.3) is 0 Å². The third-order valence-corrected chi connectivity index (χ3v) is 5.74. The molecule has 0 aliphatic carbocycles. The highest BCUT2D eigenvalue weighted by atomic mass is 35.5. The molecule has 29 heavy (non-hydrogen) atoms.